The molecule has 0 amide bonds. The highest BCUT2D eigenvalue weighted by molar-refractivity contribution is 6.33. The van der Waals surface area contributed by atoms with Gasteiger partial charge < -0.3 is 10.2 Å². The summed E-state index contributed by atoms with van der Waals surface area (Å²) in [6.07, 6.45) is 3.63. The van der Waals surface area contributed by atoms with Gasteiger partial charge in [0.2, 0.25) is 0 Å². The Labute approximate surface area is 132 Å². The van der Waals surface area contributed by atoms with E-state index in [1.165, 1.54) is 11.1 Å². The molecule has 3 nitrogen and oxygen atoms in total. The molecule has 0 aliphatic rings. The second kappa shape index (κ2) is 7.43. The highest BCUT2D eigenvalue weighted by Gasteiger charge is 2.12. The van der Waals surface area contributed by atoms with Crippen molar-refractivity contribution in [3.63, 3.8) is 0 Å². The van der Waals surface area contributed by atoms with E-state index in [9.17, 15) is 0 Å². The van der Waals surface area contributed by atoms with Crippen molar-refractivity contribution in [1.29, 1.82) is 0 Å². The van der Waals surface area contributed by atoms with Gasteiger partial charge >= 0.3 is 0 Å². The number of pyridine rings is 1. The molecular formula is C17H22ClN3. The predicted molar refractivity (Wildman–Crippen MR) is 89.8 cm³/mol. The lowest BCUT2D eigenvalue weighted by atomic mass is 10.1. The first-order chi connectivity index (χ1) is 10.1. The molecule has 112 valence electrons. The first-order valence-corrected chi connectivity index (χ1v) is 7.56. The van der Waals surface area contributed by atoms with Crippen molar-refractivity contribution in [2.45, 2.75) is 33.0 Å². The largest absolute Gasteiger partial charge is 0.369 e. The monoisotopic (exact) mass is 303 g/mol. The molecule has 4 heteroatoms. The molecule has 0 saturated heterocycles. The highest BCUT2D eigenvalue weighted by atomic mass is 35.5. The summed E-state index contributed by atoms with van der Waals surface area (Å²) in [6.45, 7) is 5.91. The van der Waals surface area contributed by atoms with E-state index in [2.05, 4.69) is 42.2 Å². The van der Waals surface area contributed by atoms with Gasteiger partial charge in [-0.25, -0.2) is 0 Å². The molecular weight excluding hydrogens is 282 g/mol. The summed E-state index contributed by atoms with van der Waals surface area (Å²) in [5.74, 6) is 0. The number of anilines is 1. The number of benzene rings is 1. The van der Waals surface area contributed by atoms with Gasteiger partial charge in [0.1, 0.15) is 0 Å². The number of nitrogens with one attached hydrogen (secondary N) is 1. The van der Waals surface area contributed by atoms with Crippen LogP contribution in [-0.2, 0) is 13.1 Å². The van der Waals surface area contributed by atoms with Crippen LogP contribution < -0.4 is 10.2 Å². The standard InChI is InChI=1S/C17H22ClN3/c1-13(2)20-11-15-5-4-6-16(18)17(15)21(3)12-14-7-9-19-10-8-14/h4-10,13,20H,11-12H2,1-3H3. The molecule has 21 heavy (non-hydrogen) atoms. The number of halogens is 1. The molecule has 0 unspecified atom stereocenters. The Morgan fingerprint density at radius 1 is 1.19 bits per heavy atom. The number of rotatable bonds is 6. The molecule has 0 aliphatic carbocycles. The maximum Gasteiger partial charge on any atom is 0.0642 e. The van der Waals surface area contributed by atoms with E-state index in [4.69, 9.17) is 11.6 Å². The molecule has 0 fully saturated rings. The fraction of sp³-hybridized carbons (Fsp3) is 0.353. The molecule has 0 atom stereocenters. The van der Waals surface area contributed by atoms with Crippen LogP contribution in [0.25, 0.3) is 0 Å². The number of para-hydroxylation sites is 1. The van der Waals surface area contributed by atoms with E-state index in [0.29, 0.717) is 6.04 Å². The molecule has 2 rings (SSSR count). The third-order valence-corrected chi connectivity index (χ3v) is 3.63. The average molecular weight is 304 g/mol. The summed E-state index contributed by atoms with van der Waals surface area (Å²) in [5.41, 5.74) is 3.52. The molecule has 1 aromatic carbocycles. The predicted octanol–water partition coefficient (Wildman–Crippen LogP) is 3.87. The lowest BCUT2D eigenvalue weighted by Crippen LogP contribution is -2.25. The van der Waals surface area contributed by atoms with Crippen LogP contribution in [0.1, 0.15) is 25.0 Å². The molecule has 1 N–H and O–H groups in total. The van der Waals surface area contributed by atoms with Crippen molar-refractivity contribution in [2.24, 2.45) is 0 Å². The Kier molecular flexibility index (Phi) is 5.59. The number of hydrogen-bond donors (Lipinski definition) is 1. The Morgan fingerprint density at radius 3 is 2.57 bits per heavy atom. The highest BCUT2D eigenvalue weighted by Crippen LogP contribution is 2.30. The zero-order valence-electron chi connectivity index (χ0n) is 12.8. The van der Waals surface area contributed by atoms with Crippen molar-refractivity contribution in [3.05, 3.63) is 58.9 Å². The first kappa shape index (κ1) is 15.8. The minimum Gasteiger partial charge on any atom is -0.369 e. The fourth-order valence-electron chi connectivity index (χ4n) is 2.29. The molecule has 0 radical (unpaired) electrons. The molecule has 1 aromatic heterocycles. The third-order valence-electron chi connectivity index (χ3n) is 3.32. The van der Waals surface area contributed by atoms with Crippen LogP contribution in [0.15, 0.2) is 42.7 Å². The van der Waals surface area contributed by atoms with Gasteiger partial charge in [-0.3, -0.25) is 4.98 Å². The van der Waals surface area contributed by atoms with Crippen LogP contribution in [0.2, 0.25) is 5.02 Å². The number of nitrogens with zero attached hydrogens (tertiary/aromatic N) is 2. The van der Waals surface area contributed by atoms with E-state index >= 15 is 0 Å². The van der Waals surface area contributed by atoms with Crippen molar-refractivity contribution >= 4 is 17.3 Å². The zero-order valence-corrected chi connectivity index (χ0v) is 13.6. The summed E-state index contributed by atoms with van der Waals surface area (Å²) in [5, 5.41) is 4.24. The van der Waals surface area contributed by atoms with E-state index in [1.54, 1.807) is 0 Å². The van der Waals surface area contributed by atoms with E-state index in [1.807, 2.05) is 36.7 Å². The molecule has 0 saturated carbocycles. The second-order valence-corrected chi connectivity index (χ2v) is 5.90. The fourth-order valence-corrected chi connectivity index (χ4v) is 2.62. The average Bonchev–Trinajstić information content (AvgIpc) is 2.46. The van der Waals surface area contributed by atoms with Crippen LogP contribution in [-0.4, -0.2) is 18.1 Å². The lowest BCUT2D eigenvalue weighted by molar-refractivity contribution is 0.588. The maximum atomic E-state index is 6.42. The molecule has 0 bridgehead atoms. The van der Waals surface area contributed by atoms with Crippen LogP contribution in [0, 0.1) is 0 Å². The molecule has 0 spiro atoms. The molecule has 1 heterocycles. The van der Waals surface area contributed by atoms with Gasteiger partial charge in [0.05, 0.1) is 10.7 Å². The summed E-state index contributed by atoms with van der Waals surface area (Å²) in [6, 6.07) is 10.6. The van der Waals surface area contributed by atoms with Gasteiger partial charge in [-0.2, -0.15) is 0 Å². The van der Waals surface area contributed by atoms with Gasteiger partial charge in [0, 0.05) is 38.6 Å². The summed E-state index contributed by atoms with van der Waals surface area (Å²) in [4.78, 5) is 6.24. The first-order valence-electron chi connectivity index (χ1n) is 7.18. The minimum absolute atomic E-state index is 0.447. The Morgan fingerprint density at radius 2 is 1.90 bits per heavy atom. The van der Waals surface area contributed by atoms with Crippen LogP contribution in [0.3, 0.4) is 0 Å². The molecule has 0 aliphatic heterocycles. The zero-order chi connectivity index (χ0) is 15.2. The SMILES string of the molecule is CC(C)NCc1cccc(Cl)c1N(C)Cc1ccncc1. The van der Waals surface area contributed by atoms with Crippen molar-refractivity contribution in [3.8, 4) is 0 Å². The van der Waals surface area contributed by atoms with Crippen LogP contribution in [0.4, 0.5) is 5.69 Å². The third kappa shape index (κ3) is 4.45. The second-order valence-electron chi connectivity index (χ2n) is 5.49. The lowest BCUT2D eigenvalue weighted by Gasteiger charge is -2.24. The smallest absolute Gasteiger partial charge is 0.0642 e. The topological polar surface area (TPSA) is 28.2 Å². The van der Waals surface area contributed by atoms with Gasteiger partial charge in [0.15, 0.2) is 0 Å². The van der Waals surface area contributed by atoms with E-state index in [0.717, 1.165) is 23.8 Å². The summed E-state index contributed by atoms with van der Waals surface area (Å²) >= 11 is 6.42. The van der Waals surface area contributed by atoms with E-state index in [-0.39, 0.29) is 0 Å². The van der Waals surface area contributed by atoms with Crippen molar-refractivity contribution in [1.82, 2.24) is 10.3 Å². The Bertz CT molecular complexity index is 570. The Balaban J connectivity index is 2.20. The van der Waals surface area contributed by atoms with Gasteiger partial charge in [-0.05, 0) is 29.3 Å². The van der Waals surface area contributed by atoms with Crippen LogP contribution in [0.5, 0.6) is 0 Å². The number of hydrogen-bond acceptors (Lipinski definition) is 3. The quantitative estimate of drug-likeness (QED) is 0.878. The van der Waals surface area contributed by atoms with E-state index < -0.39 is 0 Å². The number of aromatic nitrogens is 1. The summed E-state index contributed by atoms with van der Waals surface area (Å²) in [7, 11) is 2.07. The Hall–Kier alpha value is -1.58. The van der Waals surface area contributed by atoms with Gasteiger partial charge in [-0.1, -0.05) is 37.6 Å². The normalized spacial score (nSPS) is 10.9. The maximum absolute atomic E-state index is 6.42. The minimum atomic E-state index is 0.447. The van der Waals surface area contributed by atoms with Gasteiger partial charge in [-0.15, -0.1) is 0 Å². The summed E-state index contributed by atoms with van der Waals surface area (Å²) < 4.78 is 0. The van der Waals surface area contributed by atoms with Crippen molar-refractivity contribution in [2.75, 3.05) is 11.9 Å². The van der Waals surface area contributed by atoms with Crippen LogP contribution >= 0.6 is 11.6 Å². The molecule has 2 aromatic rings. The van der Waals surface area contributed by atoms with Gasteiger partial charge in [0.25, 0.3) is 0 Å². The van der Waals surface area contributed by atoms with Crippen molar-refractivity contribution < 1.29 is 0 Å².